The predicted octanol–water partition coefficient (Wildman–Crippen LogP) is 0.685. The minimum Gasteiger partial charge on any atom is -0.340 e. The molecule has 0 saturated carbocycles. The molecule has 1 aromatic rings. The number of sulfone groups is 1. The van der Waals surface area contributed by atoms with Gasteiger partial charge in [0.05, 0.1) is 11.2 Å². The summed E-state index contributed by atoms with van der Waals surface area (Å²) in [7, 11) is -3.09. The molecule has 0 spiro atoms. The Labute approximate surface area is 136 Å². The van der Waals surface area contributed by atoms with E-state index < -0.39 is 15.1 Å². The molecule has 1 unspecified atom stereocenters. The second kappa shape index (κ2) is 5.96. The fourth-order valence-electron chi connectivity index (χ4n) is 3.07. The van der Waals surface area contributed by atoms with Crippen LogP contribution in [0.25, 0.3) is 0 Å². The quantitative estimate of drug-likeness (QED) is 0.810. The number of carbonyl (C=O) groups is 2. The van der Waals surface area contributed by atoms with Crippen molar-refractivity contribution in [2.75, 3.05) is 30.3 Å². The summed E-state index contributed by atoms with van der Waals surface area (Å²) >= 11 is 0. The van der Waals surface area contributed by atoms with Crippen LogP contribution in [0, 0.1) is 5.92 Å². The first-order chi connectivity index (χ1) is 10.9. The molecule has 0 aliphatic carbocycles. The smallest absolute Gasteiger partial charge is 0.228 e. The number of hydrogen-bond donors (Lipinski definition) is 0. The number of nitrogens with zero attached hydrogens (tertiary/aromatic N) is 2. The Bertz CT molecular complexity index is 711. The highest BCUT2D eigenvalue weighted by Crippen LogP contribution is 2.28. The van der Waals surface area contributed by atoms with Gasteiger partial charge in [-0.15, -0.1) is 0 Å². The van der Waals surface area contributed by atoms with Crippen LogP contribution in [0.2, 0.25) is 0 Å². The van der Waals surface area contributed by atoms with E-state index in [1.165, 1.54) is 0 Å². The minimum absolute atomic E-state index is 0.0622. The third-order valence-corrected chi connectivity index (χ3v) is 6.73. The summed E-state index contributed by atoms with van der Waals surface area (Å²) in [5, 5.41) is -0.446. The molecule has 0 bridgehead atoms. The Balaban J connectivity index is 1.62. The van der Waals surface area contributed by atoms with E-state index in [2.05, 4.69) is 0 Å². The highest BCUT2D eigenvalue weighted by Gasteiger charge is 2.43. The van der Waals surface area contributed by atoms with Crippen LogP contribution in [0.3, 0.4) is 0 Å². The summed E-state index contributed by atoms with van der Waals surface area (Å²) < 4.78 is 23.5. The molecule has 1 aromatic carbocycles. The predicted molar refractivity (Wildman–Crippen MR) is 86.7 cm³/mol. The van der Waals surface area contributed by atoms with Crippen LogP contribution in [0.15, 0.2) is 30.3 Å². The Kier molecular flexibility index (Phi) is 4.14. The van der Waals surface area contributed by atoms with Gasteiger partial charge in [0.2, 0.25) is 11.8 Å². The lowest BCUT2D eigenvalue weighted by Gasteiger charge is -2.39. The van der Waals surface area contributed by atoms with Gasteiger partial charge in [0, 0.05) is 37.5 Å². The van der Waals surface area contributed by atoms with E-state index in [-0.39, 0.29) is 43.0 Å². The zero-order chi connectivity index (χ0) is 16.6. The standard InChI is InChI=1S/C16H20N2O4S/c1-2-23(21,22)14-10-17(11-14)16(20)12-8-15(19)18(9-12)13-6-4-3-5-7-13/h3-7,12,14H,2,8-11H2,1H3. The molecule has 124 valence electrons. The van der Waals surface area contributed by atoms with Gasteiger partial charge in [-0.1, -0.05) is 25.1 Å². The molecule has 0 radical (unpaired) electrons. The summed E-state index contributed by atoms with van der Waals surface area (Å²) in [6, 6.07) is 9.28. The molecule has 2 heterocycles. The van der Waals surface area contributed by atoms with Crippen molar-refractivity contribution in [3.8, 4) is 0 Å². The average Bonchev–Trinajstić information content (AvgIpc) is 2.88. The normalized spacial score (nSPS) is 22.3. The molecule has 6 nitrogen and oxygen atoms in total. The van der Waals surface area contributed by atoms with Gasteiger partial charge in [0.25, 0.3) is 0 Å². The molecule has 2 fully saturated rings. The van der Waals surface area contributed by atoms with E-state index in [0.29, 0.717) is 6.54 Å². The number of para-hydroxylation sites is 1. The number of hydrogen-bond acceptors (Lipinski definition) is 4. The van der Waals surface area contributed by atoms with E-state index >= 15 is 0 Å². The fourth-order valence-corrected chi connectivity index (χ4v) is 4.36. The van der Waals surface area contributed by atoms with Gasteiger partial charge >= 0.3 is 0 Å². The van der Waals surface area contributed by atoms with Crippen LogP contribution < -0.4 is 4.90 Å². The molecule has 23 heavy (non-hydrogen) atoms. The van der Waals surface area contributed by atoms with Gasteiger partial charge in [-0.25, -0.2) is 8.42 Å². The van der Waals surface area contributed by atoms with Crippen molar-refractivity contribution in [3.63, 3.8) is 0 Å². The SMILES string of the molecule is CCS(=O)(=O)C1CN(C(=O)C2CC(=O)N(c3ccccc3)C2)C1. The van der Waals surface area contributed by atoms with E-state index in [4.69, 9.17) is 0 Å². The van der Waals surface area contributed by atoms with Gasteiger partial charge in [-0.05, 0) is 12.1 Å². The zero-order valence-electron chi connectivity index (χ0n) is 13.0. The lowest BCUT2D eigenvalue weighted by Crippen LogP contribution is -2.58. The van der Waals surface area contributed by atoms with Gasteiger partial charge in [0.15, 0.2) is 9.84 Å². The van der Waals surface area contributed by atoms with E-state index in [1.807, 2.05) is 30.3 Å². The molecule has 2 aliphatic rings. The molecular formula is C16H20N2O4S. The third-order valence-electron chi connectivity index (χ3n) is 4.61. The average molecular weight is 336 g/mol. The minimum atomic E-state index is -3.09. The van der Waals surface area contributed by atoms with Crippen LogP contribution in [-0.2, 0) is 19.4 Å². The van der Waals surface area contributed by atoms with Crippen LogP contribution in [0.5, 0.6) is 0 Å². The highest BCUT2D eigenvalue weighted by atomic mass is 32.2. The van der Waals surface area contributed by atoms with Crippen molar-refractivity contribution >= 4 is 27.3 Å². The number of amides is 2. The summed E-state index contributed by atoms with van der Waals surface area (Å²) in [6.45, 7) is 2.49. The molecule has 1 atom stereocenters. The van der Waals surface area contributed by atoms with Crippen molar-refractivity contribution < 1.29 is 18.0 Å². The number of benzene rings is 1. The second-order valence-corrected chi connectivity index (χ2v) is 8.63. The lowest BCUT2D eigenvalue weighted by molar-refractivity contribution is -0.138. The van der Waals surface area contributed by atoms with Crippen molar-refractivity contribution in [1.29, 1.82) is 0 Å². The van der Waals surface area contributed by atoms with Gasteiger partial charge in [-0.3, -0.25) is 9.59 Å². The summed E-state index contributed by atoms with van der Waals surface area (Å²) in [6.07, 6.45) is 0.190. The topological polar surface area (TPSA) is 74.8 Å². The summed E-state index contributed by atoms with van der Waals surface area (Å²) in [5.41, 5.74) is 0.794. The Morgan fingerprint density at radius 2 is 1.83 bits per heavy atom. The van der Waals surface area contributed by atoms with Gasteiger partial charge in [0.1, 0.15) is 0 Å². The highest BCUT2D eigenvalue weighted by molar-refractivity contribution is 7.92. The molecule has 7 heteroatoms. The Hall–Kier alpha value is -1.89. The number of carbonyl (C=O) groups excluding carboxylic acids is 2. The first kappa shape index (κ1) is 16.0. The van der Waals surface area contributed by atoms with E-state index in [0.717, 1.165) is 5.69 Å². The fraction of sp³-hybridized carbons (Fsp3) is 0.500. The number of anilines is 1. The maximum Gasteiger partial charge on any atom is 0.228 e. The zero-order valence-corrected chi connectivity index (χ0v) is 13.8. The number of likely N-dealkylation sites (tertiary alicyclic amines) is 1. The second-order valence-electron chi connectivity index (χ2n) is 6.06. The van der Waals surface area contributed by atoms with Crippen LogP contribution >= 0.6 is 0 Å². The van der Waals surface area contributed by atoms with Crippen molar-refractivity contribution in [1.82, 2.24) is 4.90 Å². The summed E-state index contributed by atoms with van der Waals surface area (Å²) in [5.74, 6) is -0.455. The van der Waals surface area contributed by atoms with Crippen LogP contribution in [-0.4, -0.2) is 55.8 Å². The molecule has 0 aromatic heterocycles. The molecule has 3 rings (SSSR count). The first-order valence-electron chi connectivity index (χ1n) is 7.78. The first-order valence-corrected chi connectivity index (χ1v) is 9.49. The largest absolute Gasteiger partial charge is 0.340 e. The third kappa shape index (κ3) is 2.97. The van der Waals surface area contributed by atoms with Crippen molar-refractivity contribution in [2.24, 2.45) is 5.92 Å². The molecule has 0 N–H and O–H groups in total. The maximum absolute atomic E-state index is 12.5. The maximum atomic E-state index is 12.5. The van der Waals surface area contributed by atoms with Crippen LogP contribution in [0.1, 0.15) is 13.3 Å². The Morgan fingerprint density at radius 1 is 1.17 bits per heavy atom. The monoisotopic (exact) mass is 336 g/mol. The molecule has 2 amide bonds. The Morgan fingerprint density at radius 3 is 2.43 bits per heavy atom. The number of rotatable bonds is 4. The van der Waals surface area contributed by atoms with Crippen molar-refractivity contribution in [3.05, 3.63) is 30.3 Å². The van der Waals surface area contributed by atoms with Gasteiger partial charge < -0.3 is 9.80 Å². The van der Waals surface area contributed by atoms with Crippen LogP contribution in [0.4, 0.5) is 5.69 Å². The lowest BCUT2D eigenvalue weighted by atomic mass is 10.0. The van der Waals surface area contributed by atoms with E-state index in [1.54, 1.807) is 16.7 Å². The molecule has 2 aliphatic heterocycles. The van der Waals surface area contributed by atoms with Crippen molar-refractivity contribution in [2.45, 2.75) is 18.6 Å². The summed E-state index contributed by atoms with van der Waals surface area (Å²) in [4.78, 5) is 27.8. The molecule has 2 saturated heterocycles. The molecular weight excluding hydrogens is 316 g/mol. The van der Waals surface area contributed by atoms with E-state index in [9.17, 15) is 18.0 Å². The van der Waals surface area contributed by atoms with Gasteiger partial charge in [-0.2, -0.15) is 0 Å².